The van der Waals surface area contributed by atoms with Gasteiger partial charge in [-0.3, -0.25) is 4.79 Å². The molecule has 0 spiro atoms. The predicted octanol–water partition coefficient (Wildman–Crippen LogP) is 3.17. The van der Waals surface area contributed by atoms with Crippen molar-refractivity contribution < 1.29 is 17.9 Å². The Bertz CT molecular complexity index is 941. The Morgan fingerprint density at radius 1 is 1.22 bits per heavy atom. The molecule has 144 valence electrons. The van der Waals surface area contributed by atoms with Gasteiger partial charge >= 0.3 is 0 Å². The molecule has 0 bridgehead atoms. The number of nitrogens with zero attached hydrogens (tertiary/aromatic N) is 1. The minimum Gasteiger partial charge on any atom is -0.496 e. The minimum absolute atomic E-state index is 0.0441. The number of hydrogen-bond donors (Lipinski definition) is 1. The Kier molecular flexibility index (Phi) is 5.88. The van der Waals surface area contributed by atoms with Gasteiger partial charge in [0.05, 0.1) is 12.0 Å². The van der Waals surface area contributed by atoms with Gasteiger partial charge in [-0.15, -0.1) is 0 Å². The number of benzene rings is 2. The summed E-state index contributed by atoms with van der Waals surface area (Å²) >= 11 is 3.42. The molecular formula is C19H21BrN2O4S. The number of hydrogen-bond acceptors (Lipinski definition) is 4. The van der Waals surface area contributed by atoms with Gasteiger partial charge in [0, 0.05) is 35.2 Å². The smallest absolute Gasteiger partial charge is 0.253 e. The van der Waals surface area contributed by atoms with Crippen molar-refractivity contribution in [3.63, 3.8) is 0 Å². The van der Waals surface area contributed by atoms with Crippen LogP contribution in [0.3, 0.4) is 0 Å². The molecule has 1 aliphatic rings. The SMILES string of the molecule is COc1ccc(Br)cc1CN(C)C(=O)c1ccc(S(=O)(=O)NC2CC2)cc1. The maximum Gasteiger partial charge on any atom is 0.253 e. The number of sulfonamides is 1. The van der Waals surface area contributed by atoms with E-state index in [9.17, 15) is 13.2 Å². The Morgan fingerprint density at radius 3 is 2.48 bits per heavy atom. The maximum atomic E-state index is 12.7. The van der Waals surface area contributed by atoms with Crippen molar-refractivity contribution in [2.75, 3.05) is 14.2 Å². The highest BCUT2D eigenvalue weighted by Crippen LogP contribution is 2.25. The van der Waals surface area contributed by atoms with Gasteiger partial charge in [-0.05, 0) is 55.3 Å². The average molecular weight is 453 g/mol. The van der Waals surface area contributed by atoms with E-state index in [0.717, 1.165) is 22.9 Å². The van der Waals surface area contributed by atoms with E-state index in [1.807, 2.05) is 18.2 Å². The fourth-order valence-corrected chi connectivity index (χ4v) is 4.40. The Hall–Kier alpha value is -1.90. The van der Waals surface area contributed by atoms with Crippen molar-refractivity contribution in [2.45, 2.75) is 30.3 Å². The Balaban J connectivity index is 1.72. The summed E-state index contributed by atoms with van der Waals surface area (Å²) < 4.78 is 33.3. The van der Waals surface area contributed by atoms with Gasteiger partial charge in [-0.2, -0.15) is 0 Å². The third-order valence-electron chi connectivity index (χ3n) is 4.31. The van der Waals surface area contributed by atoms with Gasteiger partial charge in [-0.1, -0.05) is 15.9 Å². The second-order valence-electron chi connectivity index (χ2n) is 6.54. The lowest BCUT2D eigenvalue weighted by Crippen LogP contribution is -2.27. The van der Waals surface area contributed by atoms with E-state index in [-0.39, 0.29) is 16.8 Å². The van der Waals surface area contributed by atoms with Crippen LogP contribution in [0.25, 0.3) is 0 Å². The highest BCUT2D eigenvalue weighted by atomic mass is 79.9. The van der Waals surface area contributed by atoms with Gasteiger partial charge in [0.25, 0.3) is 5.91 Å². The van der Waals surface area contributed by atoms with Crippen molar-refractivity contribution in [3.8, 4) is 5.75 Å². The molecule has 6 nitrogen and oxygen atoms in total. The van der Waals surface area contributed by atoms with Crippen LogP contribution in [0.5, 0.6) is 5.75 Å². The van der Waals surface area contributed by atoms with Gasteiger partial charge < -0.3 is 9.64 Å². The van der Waals surface area contributed by atoms with Crippen molar-refractivity contribution in [1.29, 1.82) is 0 Å². The lowest BCUT2D eigenvalue weighted by atomic mass is 10.1. The number of amides is 1. The van der Waals surface area contributed by atoms with Crippen LogP contribution in [0.1, 0.15) is 28.8 Å². The standard InChI is InChI=1S/C19H21BrN2O4S/c1-22(12-14-11-15(20)5-10-18(14)26-2)19(23)13-3-8-17(9-4-13)27(24,25)21-16-6-7-16/h3-5,8-11,16,21H,6-7,12H2,1-2H3. The second-order valence-corrected chi connectivity index (χ2v) is 9.17. The van der Waals surface area contributed by atoms with E-state index in [1.54, 1.807) is 31.2 Å². The molecule has 0 aromatic heterocycles. The molecule has 8 heteroatoms. The first-order chi connectivity index (χ1) is 12.8. The molecule has 1 fully saturated rings. The van der Waals surface area contributed by atoms with E-state index in [4.69, 9.17) is 4.74 Å². The summed E-state index contributed by atoms with van der Waals surface area (Å²) in [6, 6.07) is 11.7. The topological polar surface area (TPSA) is 75.7 Å². The first-order valence-electron chi connectivity index (χ1n) is 8.50. The molecule has 2 aromatic carbocycles. The van der Waals surface area contributed by atoms with Crippen LogP contribution < -0.4 is 9.46 Å². The Morgan fingerprint density at radius 2 is 1.89 bits per heavy atom. The van der Waals surface area contributed by atoms with Crippen LogP contribution in [0, 0.1) is 0 Å². The van der Waals surface area contributed by atoms with Gasteiger partial charge in [0.1, 0.15) is 5.75 Å². The van der Waals surface area contributed by atoms with Crippen LogP contribution in [-0.4, -0.2) is 39.4 Å². The van der Waals surface area contributed by atoms with Crippen LogP contribution >= 0.6 is 15.9 Å². The summed E-state index contributed by atoms with van der Waals surface area (Å²) in [4.78, 5) is 14.4. The molecule has 0 saturated heterocycles. The molecule has 1 N–H and O–H groups in total. The molecule has 0 unspecified atom stereocenters. The first-order valence-corrected chi connectivity index (χ1v) is 10.8. The monoisotopic (exact) mass is 452 g/mol. The number of nitrogens with one attached hydrogen (secondary N) is 1. The fraction of sp³-hybridized carbons (Fsp3) is 0.316. The molecule has 2 aromatic rings. The number of ether oxygens (including phenoxy) is 1. The Labute approximate surface area is 167 Å². The normalized spacial score (nSPS) is 14.0. The van der Waals surface area contributed by atoms with Crippen LogP contribution in [0.2, 0.25) is 0 Å². The summed E-state index contributed by atoms with van der Waals surface area (Å²) in [7, 11) is -0.236. The molecule has 1 aliphatic carbocycles. The van der Waals surface area contributed by atoms with E-state index in [0.29, 0.717) is 17.9 Å². The first kappa shape index (κ1) is 19.9. The van der Waals surface area contributed by atoms with E-state index in [1.165, 1.54) is 12.1 Å². The van der Waals surface area contributed by atoms with Crippen molar-refractivity contribution in [1.82, 2.24) is 9.62 Å². The quantitative estimate of drug-likeness (QED) is 0.699. The number of methoxy groups -OCH3 is 1. The average Bonchev–Trinajstić information content (AvgIpc) is 3.44. The molecule has 0 heterocycles. The molecule has 0 aliphatic heterocycles. The van der Waals surface area contributed by atoms with E-state index >= 15 is 0 Å². The van der Waals surface area contributed by atoms with Gasteiger partial charge in [-0.25, -0.2) is 13.1 Å². The summed E-state index contributed by atoms with van der Waals surface area (Å²) in [5.74, 6) is 0.501. The highest BCUT2D eigenvalue weighted by molar-refractivity contribution is 9.10. The van der Waals surface area contributed by atoms with E-state index < -0.39 is 10.0 Å². The zero-order valence-corrected chi connectivity index (χ0v) is 17.5. The molecule has 1 amide bonds. The van der Waals surface area contributed by atoms with Crippen molar-refractivity contribution in [3.05, 3.63) is 58.1 Å². The molecule has 0 radical (unpaired) electrons. The minimum atomic E-state index is -3.52. The molecule has 3 rings (SSSR count). The number of carbonyl (C=O) groups is 1. The zero-order chi connectivity index (χ0) is 19.6. The molecule has 1 saturated carbocycles. The van der Waals surface area contributed by atoms with Crippen LogP contribution in [0.15, 0.2) is 51.8 Å². The number of carbonyl (C=O) groups excluding carboxylic acids is 1. The summed E-state index contributed by atoms with van der Waals surface area (Å²) in [5.41, 5.74) is 1.30. The molecule has 27 heavy (non-hydrogen) atoms. The van der Waals surface area contributed by atoms with Crippen molar-refractivity contribution >= 4 is 31.9 Å². The fourth-order valence-electron chi connectivity index (χ4n) is 2.68. The second kappa shape index (κ2) is 8.00. The van der Waals surface area contributed by atoms with Gasteiger partial charge in [0.15, 0.2) is 0 Å². The zero-order valence-electron chi connectivity index (χ0n) is 15.1. The predicted molar refractivity (Wildman–Crippen MR) is 106 cm³/mol. The van der Waals surface area contributed by atoms with Crippen LogP contribution in [0.4, 0.5) is 0 Å². The largest absolute Gasteiger partial charge is 0.496 e. The summed E-state index contributed by atoms with van der Waals surface area (Å²) in [6.45, 7) is 0.366. The third kappa shape index (κ3) is 4.88. The summed E-state index contributed by atoms with van der Waals surface area (Å²) in [5, 5.41) is 0. The van der Waals surface area contributed by atoms with E-state index in [2.05, 4.69) is 20.7 Å². The lowest BCUT2D eigenvalue weighted by molar-refractivity contribution is 0.0784. The molecular weight excluding hydrogens is 432 g/mol. The van der Waals surface area contributed by atoms with Crippen molar-refractivity contribution in [2.24, 2.45) is 0 Å². The van der Waals surface area contributed by atoms with Crippen LogP contribution in [-0.2, 0) is 16.6 Å². The highest BCUT2D eigenvalue weighted by Gasteiger charge is 2.28. The third-order valence-corrected chi connectivity index (χ3v) is 6.34. The summed E-state index contributed by atoms with van der Waals surface area (Å²) in [6.07, 6.45) is 1.75. The lowest BCUT2D eigenvalue weighted by Gasteiger charge is -2.19. The van der Waals surface area contributed by atoms with Gasteiger partial charge in [0.2, 0.25) is 10.0 Å². The maximum absolute atomic E-state index is 12.7. The number of rotatable bonds is 7. The number of halogens is 1. The molecule has 0 atom stereocenters.